The lowest BCUT2D eigenvalue weighted by Crippen LogP contribution is -2.06. The lowest BCUT2D eigenvalue weighted by molar-refractivity contribution is -0.137. The highest BCUT2D eigenvalue weighted by molar-refractivity contribution is 5.97. The van der Waals surface area contributed by atoms with Gasteiger partial charge in [0.2, 0.25) is 0 Å². The van der Waals surface area contributed by atoms with Crippen molar-refractivity contribution in [2.24, 2.45) is 0 Å². The highest BCUT2D eigenvalue weighted by Crippen LogP contribution is 2.09. The summed E-state index contributed by atoms with van der Waals surface area (Å²) in [4.78, 5) is 11.4. The highest BCUT2D eigenvalue weighted by atomic mass is 16.5. The molecule has 17 heavy (non-hydrogen) atoms. The molecule has 0 fully saturated rings. The zero-order valence-corrected chi connectivity index (χ0v) is 9.64. The monoisotopic (exact) mass is 227 g/mol. The number of carbonyl (C=O) groups is 1. The summed E-state index contributed by atoms with van der Waals surface area (Å²) in [7, 11) is 0. The van der Waals surface area contributed by atoms with Gasteiger partial charge in [-0.2, -0.15) is 5.26 Å². The molecule has 3 heteroatoms. The Bertz CT molecular complexity index is 478. The van der Waals surface area contributed by atoms with E-state index in [2.05, 4.69) is 6.58 Å². The third-order valence-corrected chi connectivity index (χ3v) is 2.06. The number of hydrogen-bond donors (Lipinski definition) is 0. The normalized spacial score (nSPS) is 10.5. The number of esters is 1. The Labute approximate surface area is 101 Å². The van der Waals surface area contributed by atoms with E-state index < -0.39 is 5.97 Å². The molecule has 0 aliphatic rings. The van der Waals surface area contributed by atoms with Crippen molar-refractivity contribution in [1.29, 1.82) is 5.26 Å². The highest BCUT2D eigenvalue weighted by Gasteiger charge is 2.09. The second-order valence-electron chi connectivity index (χ2n) is 3.47. The van der Waals surface area contributed by atoms with Crippen molar-refractivity contribution in [3.8, 4) is 6.07 Å². The average Bonchev–Trinajstić information content (AvgIpc) is 2.35. The summed E-state index contributed by atoms with van der Waals surface area (Å²) in [6.45, 7) is 5.50. The largest absolute Gasteiger partial charge is 0.457 e. The predicted octanol–water partition coefficient (Wildman–Crippen LogP) is 2.63. The number of nitrogens with zero attached hydrogens (tertiary/aromatic N) is 1. The molecule has 0 aliphatic carbocycles. The minimum absolute atomic E-state index is 0.0179. The zero-order chi connectivity index (χ0) is 12.7. The Morgan fingerprint density at radius 3 is 2.65 bits per heavy atom. The fourth-order valence-electron chi connectivity index (χ4n) is 1.18. The zero-order valence-electron chi connectivity index (χ0n) is 9.64. The summed E-state index contributed by atoms with van der Waals surface area (Å²) in [6, 6.07) is 9.33. The Morgan fingerprint density at radius 1 is 1.47 bits per heavy atom. The number of hydrogen-bond acceptors (Lipinski definition) is 3. The molecule has 0 saturated heterocycles. The molecule has 0 heterocycles. The van der Waals surface area contributed by atoms with Gasteiger partial charge in [0.05, 0.1) is 0 Å². The van der Waals surface area contributed by atoms with Crippen LogP contribution in [0.15, 0.2) is 42.5 Å². The van der Waals surface area contributed by atoms with Crippen molar-refractivity contribution in [2.75, 3.05) is 6.61 Å². The maximum Gasteiger partial charge on any atom is 0.349 e. The van der Waals surface area contributed by atoms with Gasteiger partial charge in [-0.3, -0.25) is 0 Å². The van der Waals surface area contributed by atoms with E-state index in [1.165, 1.54) is 12.2 Å². The quantitative estimate of drug-likeness (QED) is 0.344. The molecule has 1 aromatic carbocycles. The molecule has 1 aromatic rings. The summed E-state index contributed by atoms with van der Waals surface area (Å²) < 4.78 is 4.79. The number of nitriles is 1. The van der Waals surface area contributed by atoms with Gasteiger partial charge in [0.25, 0.3) is 0 Å². The second kappa shape index (κ2) is 6.29. The van der Waals surface area contributed by atoms with Crippen molar-refractivity contribution >= 4 is 12.0 Å². The molecular weight excluding hydrogens is 214 g/mol. The Balaban J connectivity index is 2.87. The minimum Gasteiger partial charge on any atom is -0.457 e. The number of aryl methyl sites for hydroxylation is 1. The van der Waals surface area contributed by atoms with E-state index in [9.17, 15) is 4.79 Å². The molecule has 3 nitrogen and oxygen atoms in total. The summed E-state index contributed by atoms with van der Waals surface area (Å²) in [6.07, 6.45) is 2.96. The molecule has 0 amide bonds. The van der Waals surface area contributed by atoms with E-state index in [0.29, 0.717) is 0 Å². The van der Waals surface area contributed by atoms with Crippen LogP contribution in [-0.4, -0.2) is 12.6 Å². The summed E-state index contributed by atoms with van der Waals surface area (Å²) >= 11 is 0. The van der Waals surface area contributed by atoms with E-state index >= 15 is 0 Å². The van der Waals surface area contributed by atoms with Crippen LogP contribution in [0.5, 0.6) is 0 Å². The van der Waals surface area contributed by atoms with Crippen LogP contribution in [0.4, 0.5) is 0 Å². The van der Waals surface area contributed by atoms with Gasteiger partial charge in [-0.1, -0.05) is 42.5 Å². The van der Waals surface area contributed by atoms with Crippen molar-refractivity contribution < 1.29 is 9.53 Å². The molecular formula is C14H13NO2. The summed E-state index contributed by atoms with van der Waals surface area (Å²) in [5, 5.41) is 8.87. The number of ether oxygens (including phenoxy) is 1. The fraction of sp³-hybridized carbons (Fsp3) is 0.143. The van der Waals surface area contributed by atoms with Crippen LogP contribution < -0.4 is 0 Å². The van der Waals surface area contributed by atoms with Gasteiger partial charge in [0, 0.05) is 0 Å². The third kappa shape index (κ3) is 3.96. The van der Waals surface area contributed by atoms with Crippen molar-refractivity contribution in [1.82, 2.24) is 0 Å². The van der Waals surface area contributed by atoms with Crippen molar-refractivity contribution in [3.05, 3.63) is 53.6 Å². The Kier molecular flexibility index (Phi) is 4.71. The smallest absolute Gasteiger partial charge is 0.349 e. The first-order valence-electron chi connectivity index (χ1n) is 5.14. The van der Waals surface area contributed by atoms with Gasteiger partial charge >= 0.3 is 5.97 Å². The van der Waals surface area contributed by atoms with E-state index in [0.717, 1.165) is 11.1 Å². The van der Waals surface area contributed by atoms with Gasteiger partial charge in [-0.25, -0.2) is 4.79 Å². The number of carbonyl (C=O) groups excluding carboxylic acids is 1. The molecule has 0 bridgehead atoms. The molecule has 0 atom stereocenters. The van der Waals surface area contributed by atoms with Gasteiger partial charge in [-0.15, -0.1) is 0 Å². The molecule has 0 saturated carbocycles. The average molecular weight is 227 g/mol. The van der Waals surface area contributed by atoms with Crippen LogP contribution >= 0.6 is 0 Å². The topological polar surface area (TPSA) is 50.1 Å². The summed E-state index contributed by atoms with van der Waals surface area (Å²) in [5.74, 6) is -0.632. The standard InChI is InChI=1S/C14H13NO2/c1-3-8-17-14(16)13(10-15)9-12-6-4-11(2)5-7-12/h3-7,9H,1,8H2,2H3. The first-order chi connectivity index (χ1) is 8.17. The molecule has 0 unspecified atom stereocenters. The third-order valence-electron chi connectivity index (χ3n) is 2.06. The van der Waals surface area contributed by atoms with Crippen molar-refractivity contribution in [3.63, 3.8) is 0 Å². The molecule has 0 aromatic heterocycles. The van der Waals surface area contributed by atoms with Gasteiger partial charge in [0.15, 0.2) is 0 Å². The minimum atomic E-state index is -0.632. The molecule has 86 valence electrons. The molecule has 1 rings (SSSR count). The van der Waals surface area contributed by atoms with E-state index in [4.69, 9.17) is 10.00 Å². The number of rotatable bonds is 4. The first-order valence-corrected chi connectivity index (χ1v) is 5.14. The van der Waals surface area contributed by atoms with Gasteiger partial charge < -0.3 is 4.74 Å². The van der Waals surface area contributed by atoms with Crippen molar-refractivity contribution in [2.45, 2.75) is 6.92 Å². The Hall–Kier alpha value is -2.34. The van der Waals surface area contributed by atoms with E-state index in [-0.39, 0.29) is 12.2 Å². The SMILES string of the molecule is C=CCOC(=O)C(C#N)=Cc1ccc(C)cc1. The van der Waals surface area contributed by atoms with E-state index in [1.807, 2.05) is 37.3 Å². The maximum absolute atomic E-state index is 11.4. The Morgan fingerprint density at radius 2 is 2.12 bits per heavy atom. The molecule has 0 spiro atoms. The second-order valence-corrected chi connectivity index (χ2v) is 3.47. The lowest BCUT2D eigenvalue weighted by atomic mass is 10.1. The van der Waals surface area contributed by atoms with Crippen LogP contribution in [0.25, 0.3) is 6.08 Å². The van der Waals surface area contributed by atoms with Gasteiger partial charge in [-0.05, 0) is 18.6 Å². The van der Waals surface area contributed by atoms with Crippen LogP contribution in [0.3, 0.4) is 0 Å². The maximum atomic E-state index is 11.4. The van der Waals surface area contributed by atoms with Crippen LogP contribution in [0.1, 0.15) is 11.1 Å². The lowest BCUT2D eigenvalue weighted by Gasteiger charge is -2.00. The van der Waals surface area contributed by atoms with E-state index in [1.54, 1.807) is 0 Å². The van der Waals surface area contributed by atoms with Gasteiger partial charge in [0.1, 0.15) is 18.2 Å². The van der Waals surface area contributed by atoms with Crippen LogP contribution in [0.2, 0.25) is 0 Å². The first kappa shape index (κ1) is 12.7. The molecule has 0 aliphatic heterocycles. The fourth-order valence-corrected chi connectivity index (χ4v) is 1.18. The predicted molar refractivity (Wildman–Crippen MR) is 65.9 cm³/mol. The molecule has 0 radical (unpaired) electrons. The van der Waals surface area contributed by atoms with Crippen LogP contribution in [-0.2, 0) is 9.53 Å². The summed E-state index contributed by atoms with van der Waals surface area (Å²) in [5.41, 5.74) is 1.90. The number of benzene rings is 1. The molecule has 0 N–H and O–H groups in total. The van der Waals surface area contributed by atoms with Crippen LogP contribution in [0, 0.1) is 18.3 Å².